The molecule has 0 unspecified atom stereocenters. The average Bonchev–Trinajstić information content (AvgIpc) is 2.04. The Morgan fingerprint density at radius 2 is 1.56 bits per heavy atom. The molecule has 1 N–H and O–H groups in total. The Morgan fingerprint density at radius 1 is 1.00 bits per heavy atom. The van der Waals surface area contributed by atoms with Gasteiger partial charge in [-0.25, -0.2) is 0 Å². The third-order valence-electron chi connectivity index (χ3n) is 2.31. The molecule has 0 radical (unpaired) electrons. The molecule has 110 valence electrons. The molecule has 0 fully saturated rings. The van der Waals surface area contributed by atoms with E-state index in [1.807, 2.05) is 0 Å². The van der Waals surface area contributed by atoms with Gasteiger partial charge in [0.25, 0.3) is 0 Å². The minimum Gasteiger partial charge on any atom is -0.372 e. The molecular weight excluding hydrogens is 243 g/mol. The predicted octanol–water partition coefficient (Wildman–Crippen LogP) is 3.76. The first-order chi connectivity index (χ1) is 7.91. The molecule has 0 bridgehead atoms. The van der Waals surface area contributed by atoms with Crippen molar-refractivity contribution in [1.82, 2.24) is 5.32 Å². The van der Waals surface area contributed by atoms with E-state index in [9.17, 15) is 13.2 Å². The van der Waals surface area contributed by atoms with E-state index in [0.29, 0.717) is 13.0 Å². The van der Waals surface area contributed by atoms with Crippen molar-refractivity contribution in [2.24, 2.45) is 5.41 Å². The largest absolute Gasteiger partial charge is 0.411 e. The van der Waals surface area contributed by atoms with Crippen LogP contribution in [0.2, 0.25) is 0 Å². The molecule has 0 aromatic rings. The number of hydrogen-bond donors (Lipinski definition) is 1. The highest BCUT2D eigenvalue weighted by Crippen LogP contribution is 2.26. The molecule has 0 aromatic heterocycles. The van der Waals surface area contributed by atoms with Crippen molar-refractivity contribution >= 4 is 0 Å². The molecule has 0 aromatic carbocycles. The van der Waals surface area contributed by atoms with Crippen LogP contribution in [0.25, 0.3) is 0 Å². The van der Waals surface area contributed by atoms with E-state index in [-0.39, 0.29) is 17.6 Å². The Kier molecular flexibility index (Phi) is 6.65. The van der Waals surface area contributed by atoms with Gasteiger partial charge in [-0.1, -0.05) is 20.8 Å². The van der Waals surface area contributed by atoms with Gasteiger partial charge in [0.2, 0.25) is 0 Å². The zero-order chi connectivity index (χ0) is 14.4. The first kappa shape index (κ1) is 17.7. The fourth-order valence-corrected chi connectivity index (χ4v) is 2.18. The molecule has 0 aliphatic carbocycles. The van der Waals surface area contributed by atoms with Gasteiger partial charge in [-0.3, -0.25) is 0 Å². The number of hydrogen-bond acceptors (Lipinski definition) is 2. The topological polar surface area (TPSA) is 21.3 Å². The van der Waals surface area contributed by atoms with Crippen molar-refractivity contribution in [2.45, 2.75) is 59.2 Å². The number of halogens is 3. The maximum atomic E-state index is 11.8. The average molecular weight is 269 g/mol. The Morgan fingerprint density at radius 3 is 2.00 bits per heavy atom. The summed E-state index contributed by atoms with van der Waals surface area (Å²) in [6, 6.07) is 0. The number of nitrogens with one attached hydrogen (secondary N) is 1. The first-order valence-electron chi connectivity index (χ1n) is 6.31. The smallest absolute Gasteiger partial charge is 0.372 e. The van der Waals surface area contributed by atoms with E-state index in [0.717, 1.165) is 6.42 Å². The maximum absolute atomic E-state index is 11.8. The molecule has 2 nitrogen and oxygen atoms in total. The van der Waals surface area contributed by atoms with Crippen LogP contribution in [0.5, 0.6) is 0 Å². The van der Waals surface area contributed by atoms with E-state index in [1.165, 1.54) is 0 Å². The van der Waals surface area contributed by atoms with Crippen molar-refractivity contribution in [3.63, 3.8) is 0 Å². The molecule has 0 aliphatic heterocycles. The Bertz CT molecular complexity index is 231. The highest BCUT2D eigenvalue weighted by molar-refractivity contribution is 4.82. The molecule has 0 rings (SSSR count). The molecule has 0 amide bonds. The second kappa shape index (κ2) is 6.75. The minimum absolute atomic E-state index is 0.0116. The minimum atomic E-state index is -4.22. The normalized spacial score (nSPS) is 14.0. The second-order valence-electron chi connectivity index (χ2n) is 6.57. The van der Waals surface area contributed by atoms with E-state index in [1.54, 1.807) is 0 Å². The van der Waals surface area contributed by atoms with Crippen molar-refractivity contribution in [2.75, 3.05) is 19.8 Å². The number of alkyl halides is 3. The van der Waals surface area contributed by atoms with Gasteiger partial charge >= 0.3 is 6.18 Å². The fraction of sp³-hybridized carbons (Fsp3) is 1.00. The Labute approximate surface area is 108 Å². The molecule has 18 heavy (non-hydrogen) atoms. The summed E-state index contributed by atoms with van der Waals surface area (Å²) >= 11 is 0. The molecule has 0 saturated heterocycles. The first-order valence-corrected chi connectivity index (χ1v) is 6.31. The van der Waals surface area contributed by atoms with Gasteiger partial charge in [-0.2, -0.15) is 13.2 Å². The third-order valence-corrected chi connectivity index (χ3v) is 2.31. The van der Waals surface area contributed by atoms with Crippen LogP contribution in [0.3, 0.4) is 0 Å². The van der Waals surface area contributed by atoms with Crippen molar-refractivity contribution < 1.29 is 17.9 Å². The van der Waals surface area contributed by atoms with Crippen LogP contribution in [0.4, 0.5) is 13.2 Å². The SMILES string of the molecule is CC(C)(C)CC(C)(C)NCCCOCC(F)(F)F. The van der Waals surface area contributed by atoms with Gasteiger partial charge in [-0.15, -0.1) is 0 Å². The van der Waals surface area contributed by atoms with E-state index < -0.39 is 12.8 Å². The third kappa shape index (κ3) is 12.2. The molecule has 0 saturated carbocycles. The van der Waals surface area contributed by atoms with Crippen LogP contribution in [-0.4, -0.2) is 31.5 Å². The highest BCUT2D eigenvalue weighted by atomic mass is 19.4. The summed E-state index contributed by atoms with van der Waals surface area (Å²) in [4.78, 5) is 0. The van der Waals surface area contributed by atoms with Crippen LogP contribution < -0.4 is 5.32 Å². The Hall–Kier alpha value is -0.290. The van der Waals surface area contributed by atoms with Crippen molar-refractivity contribution in [1.29, 1.82) is 0 Å². The second-order valence-corrected chi connectivity index (χ2v) is 6.57. The van der Waals surface area contributed by atoms with E-state index >= 15 is 0 Å². The highest BCUT2D eigenvalue weighted by Gasteiger charge is 2.27. The molecule has 5 heteroatoms. The molecule has 0 spiro atoms. The van der Waals surface area contributed by atoms with Crippen LogP contribution in [0, 0.1) is 5.41 Å². The Balaban J connectivity index is 3.66. The summed E-state index contributed by atoms with van der Waals surface area (Å²) in [6.07, 6.45) is -2.63. The summed E-state index contributed by atoms with van der Waals surface area (Å²) < 4.78 is 39.9. The van der Waals surface area contributed by atoms with E-state index in [4.69, 9.17) is 0 Å². The number of rotatable bonds is 7. The van der Waals surface area contributed by atoms with Gasteiger partial charge in [0.1, 0.15) is 6.61 Å². The predicted molar refractivity (Wildman–Crippen MR) is 67.6 cm³/mol. The lowest BCUT2D eigenvalue weighted by Crippen LogP contribution is -2.43. The monoisotopic (exact) mass is 269 g/mol. The fourth-order valence-electron chi connectivity index (χ4n) is 2.18. The van der Waals surface area contributed by atoms with Gasteiger partial charge in [-0.05, 0) is 38.6 Å². The van der Waals surface area contributed by atoms with Gasteiger partial charge in [0.15, 0.2) is 0 Å². The number of ether oxygens (including phenoxy) is 1. The summed E-state index contributed by atoms with van der Waals surface area (Å²) in [5, 5.41) is 3.35. The van der Waals surface area contributed by atoms with E-state index in [2.05, 4.69) is 44.7 Å². The standard InChI is InChI=1S/C13H26F3NO/c1-11(2,3)9-12(4,5)17-7-6-8-18-10-13(14,15)16/h17H,6-10H2,1-5H3. The zero-order valence-electron chi connectivity index (χ0n) is 12.1. The van der Waals surface area contributed by atoms with Crippen LogP contribution in [-0.2, 0) is 4.74 Å². The summed E-state index contributed by atoms with van der Waals surface area (Å²) in [5.74, 6) is 0. The quantitative estimate of drug-likeness (QED) is 0.711. The lowest BCUT2D eigenvalue weighted by molar-refractivity contribution is -0.174. The summed E-state index contributed by atoms with van der Waals surface area (Å²) in [6.45, 7) is 10.4. The molecule has 0 aliphatic rings. The van der Waals surface area contributed by atoms with Crippen molar-refractivity contribution in [3.8, 4) is 0 Å². The lowest BCUT2D eigenvalue weighted by atomic mass is 9.82. The molecule has 0 atom stereocenters. The van der Waals surface area contributed by atoms with Crippen LogP contribution in [0.1, 0.15) is 47.5 Å². The van der Waals surface area contributed by atoms with Gasteiger partial charge in [0.05, 0.1) is 0 Å². The van der Waals surface area contributed by atoms with Crippen LogP contribution >= 0.6 is 0 Å². The molecular formula is C13H26F3NO. The molecule has 0 heterocycles. The lowest BCUT2D eigenvalue weighted by Gasteiger charge is -2.33. The van der Waals surface area contributed by atoms with Gasteiger partial charge in [0, 0.05) is 12.1 Å². The maximum Gasteiger partial charge on any atom is 0.411 e. The summed E-state index contributed by atoms with van der Waals surface area (Å²) in [5.41, 5.74) is 0.214. The van der Waals surface area contributed by atoms with Crippen LogP contribution in [0.15, 0.2) is 0 Å². The van der Waals surface area contributed by atoms with Gasteiger partial charge < -0.3 is 10.1 Å². The van der Waals surface area contributed by atoms with Crippen molar-refractivity contribution in [3.05, 3.63) is 0 Å². The zero-order valence-corrected chi connectivity index (χ0v) is 12.1. The summed E-state index contributed by atoms with van der Waals surface area (Å²) in [7, 11) is 0.